The van der Waals surface area contributed by atoms with Gasteiger partial charge in [0.2, 0.25) is 0 Å². The number of esters is 2. The van der Waals surface area contributed by atoms with E-state index in [0.29, 0.717) is 56.2 Å². The molecule has 5 aliphatic heterocycles. The second-order valence-corrected chi connectivity index (χ2v) is 24.0. The lowest BCUT2D eigenvalue weighted by molar-refractivity contribution is -0.301. The number of carbonyl (C=O) groups is 3. The molecule has 8 fully saturated rings. The summed E-state index contributed by atoms with van der Waals surface area (Å²) in [7, 11) is 0. The molecule has 1 aromatic carbocycles. The number of fused-ring (bicyclic) bond motifs is 2. The van der Waals surface area contributed by atoms with Crippen molar-refractivity contribution in [2.24, 2.45) is 69.5 Å². The third-order valence-electron chi connectivity index (χ3n) is 21.0. The number of epoxide rings is 1. The fourth-order valence-electron chi connectivity index (χ4n) is 18.5. The van der Waals surface area contributed by atoms with Gasteiger partial charge in [-0.25, -0.2) is 4.79 Å². The van der Waals surface area contributed by atoms with Crippen LogP contribution in [0.4, 0.5) is 0 Å². The maximum Gasteiger partial charge on any atom is 0.339 e. The van der Waals surface area contributed by atoms with Crippen LogP contribution in [0.1, 0.15) is 101 Å². The van der Waals surface area contributed by atoms with Crippen molar-refractivity contribution < 1.29 is 53.1 Å². The van der Waals surface area contributed by atoms with E-state index in [1.54, 1.807) is 6.26 Å². The van der Waals surface area contributed by atoms with E-state index in [1.807, 2.05) is 19.9 Å². The van der Waals surface area contributed by atoms with E-state index < -0.39 is 93.7 Å². The molecule has 0 unspecified atom stereocenters. The molecule has 0 radical (unpaired) electrons. The van der Waals surface area contributed by atoms with Crippen molar-refractivity contribution in [3.05, 3.63) is 71.2 Å². The zero-order chi connectivity index (χ0) is 47.5. The van der Waals surface area contributed by atoms with Crippen LogP contribution in [-0.4, -0.2) is 101 Å². The van der Waals surface area contributed by atoms with E-state index in [1.165, 1.54) is 5.56 Å². The van der Waals surface area contributed by atoms with Gasteiger partial charge in [-0.1, -0.05) is 61.2 Å². The lowest BCUT2D eigenvalue weighted by Gasteiger charge is -2.72. The topological polar surface area (TPSA) is 189 Å². The summed E-state index contributed by atoms with van der Waals surface area (Å²) in [6, 6.07) is 10.8. The molecule has 3 saturated carbocycles. The van der Waals surface area contributed by atoms with Gasteiger partial charge in [-0.3, -0.25) is 14.9 Å². The molecule has 13 rings (SSSR count). The highest BCUT2D eigenvalue weighted by Gasteiger charge is 2.95. The standard InChI is InChI=1S/C56H68N2O11/c1-51(2)47-46(62)48(63)54-38-22-31(21-30-7-5-4-6-8-30)9-10-33(38)15-17-36-18-16-35-27-65-41(23-37(40(60)26-59)32-11-13-34(14-12-32)39-25-57-29-58-39)45(35)55(36)52(3,56(54)49(68-56)50(64)69-55)20-19-42(54)53(47)28-66-44(61)24-43(53)67-51/h4-8,11,13,27,31-34,36-40,42-43,47-49,57-60,63H,9-10,12,14,16,18-26,28-29H2,1-3H3/t31-,32+,33+,34-,36-,37+,38-,39-,40-,42-,43+,47-,48-,49-,52+,53+,54+,55+,56-/m1/s1. The van der Waals surface area contributed by atoms with E-state index in [9.17, 15) is 20.1 Å². The molecule has 368 valence electrons. The van der Waals surface area contributed by atoms with E-state index in [-0.39, 0.29) is 48.5 Å². The van der Waals surface area contributed by atoms with Crippen molar-refractivity contribution in [1.29, 1.82) is 0 Å². The first kappa shape index (κ1) is 45.0. The van der Waals surface area contributed by atoms with Gasteiger partial charge in [0.1, 0.15) is 24.1 Å². The molecule has 19 atom stereocenters. The Balaban J connectivity index is 0.997. The van der Waals surface area contributed by atoms with Crippen molar-refractivity contribution in [2.45, 2.75) is 145 Å². The highest BCUT2D eigenvalue weighted by atomic mass is 16.7. The molecule has 6 aliphatic carbocycles. The van der Waals surface area contributed by atoms with Gasteiger partial charge >= 0.3 is 11.9 Å². The lowest BCUT2D eigenvalue weighted by atomic mass is 9.30. The summed E-state index contributed by atoms with van der Waals surface area (Å²) in [4.78, 5) is 44.7. The van der Waals surface area contributed by atoms with Crippen molar-refractivity contribution in [3.63, 3.8) is 0 Å². The summed E-state index contributed by atoms with van der Waals surface area (Å²) in [5.74, 6) is 4.93. The van der Waals surface area contributed by atoms with Crippen LogP contribution in [0.5, 0.6) is 0 Å². The summed E-state index contributed by atoms with van der Waals surface area (Å²) in [5, 5.41) is 43.1. The Kier molecular flexibility index (Phi) is 10.2. The van der Waals surface area contributed by atoms with Gasteiger partial charge in [-0.05, 0) is 119 Å². The number of aliphatic hydroxyl groups excluding tert-OH is 3. The van der Waals surface area contributed by atoms with Crippen LogP contribution in [0.15, 0.2) is 53.2 Å². The smallest absolute Gasteiger partial charge is 0.339 e. The summed E-state index contributed by atoms with van der Waals surface area (Å²) in [5.41, 5.74) is -4.29. The number of cyclic esters (lactones) is 1. The molecule has 13 nitrogen and oxygen atoms in total. The van der Waals surface area contributed by atoms with E-state index in [0.717, 1.165) is 56.4 Å². The van der Waals surface area contributed by atoms with Crippen LogP contribution >= 0.6 is 0 Å². The molecular weight excluding hydrogens is 877 g/mol. The third kappa shape index (κ3) is 5.77. The highest BCUT2D eigenvalue weighted by Crippen LogP contribution is 2.85. The van der Waals surface area contributed by atoms with Gasteiger partial charge < -0.3 is 44.0 Å². The van der Waals surface area contributed by atoms with Crippen molar-refractivity contribution in [3.8, 4) is 11.8 Å². The third-order valence-corrected chi connectivity index (χ3v) is 21.0. The summed E-state index contributed by atoms with van der Waals surface area (Å²) >= 11 is 0. The number of hydrogen-bond acceptors (Lipinski definition) is 13. The first-order valence-electron chi connectivity index (χ1n) is 26.3. The molecule has 13 heteroatoms. The van der Waals surface area contributed by atoms with Gasteiger partial charge in [0, 0.05) is 59.3 Å². The molecule has 6 heterocycles. The number of rotatable bonds is 8. The fraction of sp³-hybridized carbons (Fsp3) is 0.696. The molecule has 4 spiro atoms. The number of furan rings is 1. The van der Waals surface area contributed by atoms with Gasteiger partial charge in [-0.15, -0.1) is 0 Å². The molecule has 5 N–H and O–H groups in total. The maximum atomic E-state index is 15.9. The van der Waals surface area contributed by atoms with Crippen LogP contribution in [0.25, 0.3) is 0 Å². The number of ketones is 1. The minimum atomic E-state index is -1.54. The number of allylic oxidation sites excluding steroid dienone is 1. The van der Waals surface area contributed by atoms with E-state index in [4.69, 9.17) is 23.4 Å². The Bertz CT molecular complexity index is 2540. The van der Waals surface area contributed by atoms with Gasteiger partial charge in [0.25, 0.3) is 0 Å². The predicted molar refractivity (Wildman–Crippen MR) is 248 cm³/mol. The number of hydrogen-bond donors (Lipinski definition) is 5. The van der Waals surface area contributed by atoms with Crippen LogP contribution in [0, 0.1) is 81.3 Å². The fourth-order valence-corrected chi connectivity index (χ4v) is 18.5. The first-order valence-corrected chi connectivity index (χ1v) is 26.3. The highest BCUT2D eigenvalue weighted by molar-refractivity contribution is 5.92. The van der Waals surface area contributed by atoms with Gasteiger partial charge in [0.15, 0.2) is 17.5 Å². The SMILES string of the molecule is CC1(C)O[C@H]2CC(=O)OC[C@@]23[C@@H]1C(=O)[C@@H](O)[C@@]12[C@@H]4C[C@@H](Cc5ccccc5)CC[C@H]4C#C[C@@H]4CCc5coc(C[C@H]([C@H](O)CO)[C@H]6C=C[C@@H]([C@H]7CNCN7)CC6)c5[C@@]45OC(=O)[C@H]4O[C@@]41[C@@]5(C)CC[C@H]32. The average Bonchev–Trinajstić information content (AvgIpc) is 3.57. The Morgan fingerprint density at radius 1 is 0.971 bits per heavy atom. The summed E-state index contributed by atoms with van der Waals surface area (Å²) in [6.45, 7) is 7.27. The largest absolute Gasteiger partial charge is 0.469 e. The Labute approximate surface area is 404 Å². The van der Waals surface area contributed by atoms with Crippen molar-refractivity contribution >= 4 is 17.7 Å². The Morgan fingerprint density at radius 3 is 2.58 bits per heavy atom. The summed E-state index contributed by atoms with van der Waals surface area (Å²) in [6.07, 6.45) is 9.48. The minimum Gasteiger partial charge on any atom is -0.469 e. The molecule has 2 aromatic rings. The molecule has 5 saturated heterocycles. The van der Waals surface area contributed by atoms with E-state index >= 15 is 9.59 Å². The molecular formula is C56H68N2O11. The Hall–Kier alpha value is -3.87. The molecule has 0 amide bonds. The quantitative estimate of drug-likeness (QED) is 0.106. The number of Topliss-reactive ketones (excluding diaryl/α,β-unsaturated/α-hetero) is 1. The zero-order valence-electron chi connectivity index (χ0n) is 40.1. The van der Waals surface area contributed by atoms with Crippen molar-refractivity contribution in [1.82, 2.24) is 10.6 Å². The minimum absolute atomic E-state index is 0.00284. The number of ether oxygens (including phenoxy) is 4. The van der Waals surface area contributed by atoms with Gasteiger partial charge in [-0.2, -0.15) is 0 Å². The van der Waals surface area contributed by atoms with Crippen molar-refractivity contribution in [2.75, 3.05) is 26.4 Å². The number of aliphatic hydroxyl groups is 3. The molecule has 1 aromatic heterocycles. The lowest BCUT2D eigenvalue weighted by Crippen LogP contribution is -2.81. The average molecular weight is 945 g/mol. The maximum absolute atomic E-state index is 15.9. The normalized spacial score (nSPS) is 47.0. The van der Waals surface area contributed by atoms with Crippen LogP contribution in [0.3, 0.4) is 0 Å². The number of nitrogens with one attached hydrogen (secondary N) is 2. The van der Waals surface area contributed by atoms with Crippen LogP contribution < -0.4 is 10.6 Å². The summed E-state index contributed by atoms with van der Waals surface area (Å²) < 4.78 is 34.3. The second-order valence-electron chi connectivity index (χ2n) is 24.0. The zero-order valence-corrected chi connectivity index (χ0v) is 40.1. The van der Waals surface area contributed by atoms with Crippen LogP contribution in [-0.2, 0) is 58.2 Å². The predicted octanol–water partition coefficient (Wildman–Crippen LogP) is 4.71. The number of carbonyl (C=O) groups excluding carboxylic acids is 3. The monoisotopic (exact) mass is 944 g/mol. The van der Waals surface area contributed by atoms with E-state index in [2.05, 4.69) is 65.8 Å². The molecule has 11 aliphatic rings. The number of benzene rings is 1. The molecule has 4 bridgehead atoms. The second kappa shape index (κ2) is 15.6. The first-order chi connectivity index (χ1) is 33.2. The number of aryl methyl sites for hydroxylation is 1. The molecule has 69 heavy (non-hydrogen) atoms. The van der Waals surface area contributed by atoms with Gasteiger partial charge in [0.05, 0.1) is 48.9 Å². The Morgan fingerprint density at radius 2 is 1.81 bits per heavy atom. The van der Waals surface area contributed by atoms with Crippen LogP contribution in [0.2, 0.25) is 0 Å².